The van der Waals surface area contributed by atoms with E-state index in [1.165, 1.54) is 4.68 Å². The van der Waals surface area contributed by atoms with Gasteiger partial charge in [0.05, 0.1) is 23.3 Å². The molecule has 9 nitrogen and oxygen atoms in total. The standard InChI is InChI=1S/C28H23N7O2/c1-18-22-13-7-9-15-24(22)28(37)34(31-18)17-26(36)33(20-10-4-3-5-11-20)16-25-29-30-27-23-14-8-6-12-21(23)19(2)32-35(25)27/h3-15H,16-17H2,1-2H3. The van der Waals surface area contributed by atoms with Crippen LogP contribution in [-0.2, 0) is 17.9 Å². The van der Waals surface area contributed by atoms with E-state index in [0.717, 1.165) is 21.9 Å². The van der Waals surface area contributed by atoms with Crippen LogP contribution in [0.1, 0.15) is 17.2 Å². The minimum atomic E-state index is -0.306. The fraction of sp³-hybridized carbons (Fsp3) is 0.143. The molecule has 0 radical (unpaired) electrons. The van der Waals surface area contributed by atoms with Crippen molar-refractivity contribution in [3.05, 3.63) is 106 Å². The Bertz CT molecular complexity index is 1860. The molecule has 0 saturated heterocycles. The average molecular weight is 490 g/mol. The third-order valence-corrected chi connectivity index (χ3v) is 6.52. The molecule has 9 heteroatoms. The summed E-state index contributed by atoms with van der Waals surface area (Å²) in [5, 5.41) is 21.1. The first-order valence-electron chi connectivity index (χ1n) is 11.9. The zero-order chi connectivity index (χ0) is 25.5. The molecule has 0 unspecified atom stereocenters. The third-order valence-electron chi connectivity index (χ3n) is 6.52. The van der Waals surface area contributed by atoms with Crippen LogP contribution in [0.4, 0.5) is 5.69 Å². The topological polar surface area (TPSA) is 98.3 Å². The highest BCUT2D eigenvalue weighted by atomic mass is 16.2. The maximum absolute atomic E-state index is 13.7. The van der Waals surface area contributed by atoms with Crippen molar-refractivity contribution in [1.29, 1.82) is 0 Å². The first-order chi connectivity index (χ1) is 18.0. The van der Waals surface area contributed by atoms with Gasteiger partial charge in [-0.15, -0.1) is 10.2 Å². The molecule has 37 heavy (non-hydrogen) atoms. The lowest BCUT2D eigenvalue weighted by molar-refractivity contribution is -0.119. The average Bonchev–Trinajstić information content (AvgIpc) is 3.33. The third kappa shape index (κ3) is 3.90. The van der Waals surface area contributed by atoms with E-state index in [-0.39, 0.29) is 24.6 Å². The molecule has 0 spiro atoms. The fourth-order valence-corrected chi connectivity index (χ4v) is 4.68. The zero-order valence-electron chi connectivity index (χ0n) is 20.4. The van der Waals surface area contributed by atoms with E-state index in [2.05, 4.69) is 15.3 Å². The summed E-state index contributed by atoms with van der Waals surface area (Å²) < 4.78 is 2.92. The van der Waals surface area contributed by atoms with Crippen LogP contribution in [0.15, 0.2) is 83.7 Å². The molecule has 0 fully saturated rings. The molecule has 0 bridgehead atoms. The van der Waals surface area contributed by atoms with Crippen LogP contribution in [0.5, 0.6) is 0 Å². The molecular weight excluding hydrogens is 466 g/mol. The van der Waals surface area contributed by atoms with Gasteiger partial charge < -0.3 is 4.90 Å². The molecule has 0 saturated carbocycles. The Hall–Kier alpha value is -4.92. The van der Waals surface area contributed by atoms with Crippen LogP contribution in [0.25, 0.3) is 27.2 Å². The second kappa shape index (κ2) is 8.94. The summed E-state index contributed by atoms with van der Waals surface area (Å²) >= 11 is 0. The first kappa shape index (κ1) is 22.5. The largest absolute Gasteiger partial charge is 0.303 e. The molecule has 0 aliphatic rings. The van der Waals surface area contributed by atoms with Crippen molar-refractivity contribution < 1.29 is 4.79 Å². The maximum atomic E-state index is 13.7. The highest BCUT2D eigenvalue weighted by Crippen LogP contribution is 2.23. The van der Waals surface area contributed by atoms with Crippen LogP contribution < -0.4 is 10.5 Å². The van der Waals surface area contributed by atoms with Gasteiger partial charge in [-0.05, 0) is 32.0 Å². The summed E-state index contributed by atoms with van der Waals surface area (Å²) in [5.74, 6) is 0.209. The van der Waals surface area contributed by atoms with Gasteiger partial charge in [0, 0.05) is 21.8 Å². The summed E-state index contributed by atoms with van der Waals surface area (Å²) in [6.07, 6.45) is 0. The first-order valence-corrected chi connectivity index (χ1v) is 11.9. The number of aromatic nitrogens is 6. The number of para-hydroxylation sites is 1. The Morgan fingerprint density at radius 2 is 1.35 bits per heavy atom. The second-order valence-electron chi connectivity index (χ2n) is 8.89. The van der Waals surface area contributed by atoms with Crippen molar-refractivity contribution in [2.75, 3.05) is 4.90 Å². The van der Waals surface area contributed by atoms with Crippen molar-refractivity contribution in [2.24, 2.45) is 0 Å². The van der Waals surface area contributed by atoms with Crippen molar-refractivity contribution in [2.45, 2.75) is 26.9 Å². The molecule has 3 aromatic carbocycles. The number of aryl methyl sites for hydroxylation is 2. The number of amides is 1. The second-order valence-corrected chi connectivity index (χ2v) is 8.89. The van der Waals surface area contributed by atoms with Gasteiger partial charge in [-0.1, -0.05) is 60.7 Å². The number of benzene rings is 3. The molecule has 0 aliphatic carbocycles. The Balaban J connectivity index is 1.41. The van der Waals surface area contributed by atoms with E-state index in [1.807, 2.05) is 80.6 Å². The quantitative estimate of drug-likeness (QED) is 0.365. The molecule has 0 N–H and O–H groups in total. The van der Waals surface area contributed by atoms with Gasteiger partial charge in [0.25, 0.3) is 5.56 Å². The summed E-state index contributed by atoms with van der Waals surface area (Å²) in [7, 11) is 0. The molecular formula is C28H23N7O2. The van der Waals surface area contributed by atoms with E-state index < -0.39 is 0 Å². The highest BCUT2D eigenvalue weighted by molar-refractivity contribution is 5.95. The zero-order valence-corrected chi connectivity index (χ0v) is 20.4. The Kier molecular flexibility index (Phi) is 5.45. The number of rotatable bonds is 5. The van der Waals surface area contributed by atoms with E-state index in [9.17, 15) is 9.59 Å². The molecule has 3 aromatic heterocycles. The predicted molar refractivity (Wildman–Crippen MR) is 141 cm³/mol. The molecule has 6 rings (SSSR count). The van der Waals surface area contributed by atoms with Crippen molar-refractivity contribution >= 4 is 38.8 Å². The van der Waals surface area contributed by atoms with Gasteiger partial charge in [0.15, 0.2) is 11.5 Å². The van der Waals surface area contributed by atoms with Crippen molar-refractivity contribution in [1.82, 2.24) is 29.6 Å². The smallest absolute Gasteiger partial charge is 0.275 e. The normalized spacial score (nSPS) is 11.4. The molecule has 182 valence electrons. The SMILES string of the molecule is Cc1nn(CC(=O)N(Cc2nnc3c4ccccc4c(C)nn23)c2ccccc2)c(=O)c2ccccc12. The Morgan fingerprint density at radius 1 is 0.757 bits per heavy atom. The molecule has 1 amide bonds. The number of hydrogen-bond acceptors (Lipinski definition) is 6. The monoisotopic (exact) mass is 489 g/mol. The van der Waals surface area contributed by atoms with Gasteiger partial charge in [0.2, 0.25) is 5.91 Å². The predicted octanol–water partition coefficient (Wildman–Crippen LogP) is 3.84. The van der Waals surface area contributed by atoms with E-state index in [0.29, 0.717) is 28.2 Å². The molecule has 6 aromatic rings. The lowest BCUT2D eigenvalue weighted by Gasteiger charge is -2.22. The van der Waals surface area contributed by atoms with Gasteiger partial charge in [-0.25, -0.2) is 4.68 Å². The highest BCUT2D eigenvalue weighted by Gasteiger charge is 2.22. The van der Waals surface area contributed by atoms with Gasteiger partial charge in [-0.2, -0.15) is 14.7 Å². The summed E-state index contributed by atoms with van der Waals surface area (Å²) in [6.45, 7) is 3.67. The van der Waals surface area contributed by atoms with Gasteiger partial charge >= 0.3 is 0 Å². The number of anilines is 1. The fourth-order valence-electron chi connectivity index (χ4n) is 4.68. The van der Waals surface area contributed by atoms with E-state index >= 15 is 0 Å². The number of fused-ring (bicyclic) bond motifs is 4. The summed E-state index contributed by atoms with van der Waals surface area (Å²) in [5.41, 5.74) is 2.51. The van der Waals surface area contributed by atoms with Crippen LogP contribution in [0.3, 0.4) is 0 Å². The molecule has 3 heterocycles. The summed E-state index contributed by atoms with van der Waals surface area (Å²) in [6, 6.07) is 24.5. The number of hydrogen-bond donors (Lipinski definition) is 0. The van der Waals surface area contributed by atoms with Crippen molar-refractivity contribution in [3.8, 4) is 0 Å². The van der Waals surface area contributed by atoms with Gasteiger partial charge in [0.1, 0.15) is 6.54 Å². The minimum absolute atomic E-state index is 0.121. The number of carbonyl (C=O) groups is 1. The summed E-state index contributed by atoms with van der Waals surface area (Å²) in [4.78, 5) is 28.4. The molecule has 0 aliphatic heterocycles. The molecule has 0 atom stereocenters. The maximum Gasteiger partial charge on any atom is 0.275 e. The van der Waals surface area contributed by atoms with Crippen LogP contribution in [-0.4, -0.2) is 35.5 Å². The van der Waals surface area contributed by atoms with Crippen molar-refractivity contribution in [3.63, 3.8) is 0 Å². The van der Waals surface area contributed by atoms with Crippen LogP contribution in [0, 0.1) is 13.8 Å². The number of nitrogens with zero attached hydrogens (tertiary/aromatic N) is 7. The lowest BCUT2D eigenvalue weighted by atomic mass is 10.1. The Labute approximate surface area is 211 Å². The van der Waals surface area contributed by atoms with E-state index in [1.54, 1.807) is 21.5 Å². The van der Waals surface area contributed by atoms with Crippen LogP contribution in [0.2, 0.25) is 0 Å². The lowest BCUT2D eigenvalue weighted by Crippen LogP contribution is -2.38. The Morgan fingerprint density at radius 3 is 2.08 bits per heavy atom. The number of carbonyl (C=O) groups excluding carboxylic acids is 1. The van der Waals surface area contributed by atoms with E-state index in [4.69, 9.17) is 5.10 Å². The van der Waals surface area contributed by atoms with Crippen LogP contribution >= 0.6 is 0 Å². The minimum Gasteiger partial charge on any atom is -0.303 e. The van der Waals surface area contributed by atoms with Gasteiger partial charge in [-0.3, -0.25) is 9.59 Å².